The van der Waals surface area contributed by atoms with E-state index in [1.165, 1.54) is 10.5 Å². The summed E-state index contributed by atoms with van der Waals surface area (Å²) in [7, 11) is 3.32. The summed E-state index contributed by atoms with van der Waals surface area (Å²) in [5.74, 6) is -0.135. The van der Waals surface area contributed by atoms with Crippen molar-refractivity contribution in [1.29, 1.82) is 0 Å². The highest BCUT2D eigenvalue weighted by Crippen LogP contribution is 2.22. The smallest absolute Gasteiger partial charge is 0.315 e. The summed E-state index contributed by atoms with van der Waals surface area (Å²) in [4.78, 5) is 24.9. The van der Waals surface area contributed by atoms with Gasteiger partial charge in [0.25, 0.3) is 0 Å². The summed E-state index contributed by atoms with van der Waals surface area (Å²) < 4.78 is 0. The predicted molar refractivity (Wildman–Crippen MR) is 88.7 cm³/mol. The molecule has 2 N–H and O–H groups in total. The zero-order chi connectivity index (χ0) is 16.9. The van der Waals surface area contributed by atoms with E-state index >= 15 is 0 Å². The van der Waals surface area contributed by atoms with Crippen LogP contribution in [0, 0.1) is 0 Å². The summed E-state index contributed by atoms with van der Waals surface area (Å²) in [5, 5.41) is 5.39. The minimum Gasteiger partial charge on any atom is -0.347 e. The van der Waals surface area contributed by atoms with Gasteiger partial charge in [-0.3, -0.25) is 4.79 Å². The Kier molecular flexibility index (Phi) is 5.97. The molecule has 0 saturated carbocycles. The fraction of sp³-hybridized carbons (Fsp3) is 0.529. The molecule has 0 bridgehead atoms. The molecule has 1 rings (SSSR count). The van der Waals surface area contributed by atoms with Crippen LogP contribution in [-0.4, -0.2) is 37.0 Å². The Balaban J connectivity index is 2.49. The van der Waals surface area contributed by atoms with Gasteiger partial charge < -0.3 is 15.5 Å². The second-order valence-electron chi connectivity index (χ2n) is 6.73. The Morgan fingerprint density at radius 1 is 1.14 bits per heavy atom. The number of urea groups is 1. The van der Waals surface area contributed by atoms with E-state index in [0.717, 1.165) is 5.56 Å². The van der Waals surface area contributed by atoms with E-state index in [0.29, 0.717) is 6.54 Å². The molecule has 5 nitrogen and oxygen atoms in total. The zero-order valence-corrected chi connectivity index (χ0v) is 14.4. The van der Waals surface area contributed by atoms with E-state index in [2.05, 4.69) is 43.5 Å². The van der Waals surface area contributed by atoms with Gasteiger partial charge in [0.1, 0.15) is 6.04 Å². The van der Waals surface area contributed by atoms with Crippen LogP contribution in [0.25, 0.3) is 0 Å². The van der Waals surface area contributed by atoms with Crippen molar-refractivity contribution in [3.63, 3.8) is 0 Å². The fourth-order valence-corrected chi connectivity index (χ4v) is 2.00. The van der Waals surface area contributed by atoms with Crippen molar-refractivity contribution >= 4 is 11.9 Å². The van der Waals surface area contributed by atoms with Gasteiger partial charge in [0.2, 0.25) is 5.91 Å². The van der Waals surface area contributed by atoms with Gasteiger partial charge in [0.15, 0.2) is 0 Å². The van der Waals surface area contributed by atoms with Crippen LogP contribution < -0.4 is 10.6 Å². The van der Waals surface area contributed by atoms with E-state index in [1.807, 2.05) is 12.1 Å². The van der Waals surface area contributed by atoms with Gasteiger partial charge in [0.05, 0.1) is 0 Å². The third-order valence-electron chi connectivity index (χ3n) is 3.43. The Hall–Kier alpha value is -2.04. The lowest BCUT2D eigenvalue weighted by molar-refractivity contribution is -0.130. The van der Waals surface area contributed by atoms with Gasteiger partial charge in [-0.25, -0.2) is 4.79 Å². The van der Waals surface area contributed by atoms with Crippen LogP contribution in [0.3, 0.4) is 0 Å². The molecule has 0 aromatic heterocycles. The molecule has 5 heteroatoms. The number of rotatable bonds is 4. The number of hydrogen-bond acceptors (Lipinski definition) is 2. The monoisotopic (exact) mass is 305 g/mol. The molecule has 0 fully saturated rings. The molecule has 0 saturated heterocycles. The van der Waals surface area contributed by atoms with E-state index in [4.69, 9.17) is 0 Å². The first kappa shape index (κ1) is 18.0. The van der Waals surface area contributed by atoms with E-state index in [9.17, 15) is 9.59 Å². The van der Waals surface area contributed by atoms with Crippen LogP contribution in [0.1, 0.15) is 38.8 Å². The number of likely N-dealkylation sites (N-methyl/N-ethyl adjacent to an activating group) is 1. The lowest BCUT2D eigenvalue weighted by atomic mass is 9.87. The average Bonchev–Trinajstić information content (AvgIpc) is 2.43. The second kappa shape index (κ2) is 7.29. The summed E-state index contributed by atoms with van der Waals surface area (Å²) in [6.45, 7) is 8.59. The van der Waals surface area contributed by atoms with Crippen molar-refractivity contribution in [2.24, 2.45) is 0 Å². The van der Waals surface area contributed by atoms with Crippen LogP contribution in [0.4, 0.5) is 4.79 Å². The van der Waals surface area contributed by atoms with Crippen LogP contribution in [-0.2, 0) is 16.8 Å². The summed E-state index contributed by atoms with van der Waals surface area (Å²) in [6, 6.07) is 7.28. The van der Waals surface area contributed by atoms with Crippen molar-refractivity contribution in [2.45, 2.75) is 45.7 Å². The first-order chi connectivity index (χ1) is 10.1. The summed E-state index contributed by atoms with van der Waals surface area (Å²) >= 11 is 0. The fourth-order valence-electron chi connectivity index (χ4n) is 2.00. The molecule has 1 atom stereocenters. The normalized spacial score (nSPS) is 12.5. The van der Waals surface area contributed by atoms with Gasteiger partial charge in [-0.15, -0.1) is 0 Å². The molecule has 3 amide bonds. The number of hydrogen-bond donors (Lipinski definition) is 2. The number of nitrogens with one attached hydrogen (secondary N) is 2. The SMILES string of the molecule is C[C@H](NC(=O)NCc1ccc(C(C)(C)C)cc1)C(=O)N(C)C. The number of nitrogens with zero attached hydrogens (tertiary/aromatic N) is 1. The van der Waals surface area contributed by atoms with Gasteiger partial charge in [0, 0.05) is 20.6 Å². The van der Waals surface area contributed by atoms with Crippen molar-refractivity contribution in [3.05, 3.63) is 35.4 Å². The summed E-state index contributed by atoms with van der Waals surface area (Å²) in [6.07, 6.45) is 0. The van der Waals surface area contributed by atoms with Gasteiger partial charge >= 0.3 is 6.03 Å². The molecular weight excluding hydrogens is 278 g/mol. The molecule has 22 heavy (non-hydrogen) atoms. The maximum Gasteiger partial charge on any atom is 0.315 e. The van der Waals surface area contributed by atoms with Crippen molar-refractivity contribution in [1.82, 2.24) is 15.5 Å². The maximum absolute atomic E-state index is 11.8. The van der Waals surface area contributed by atoms with E-state index < -0.39 is 6.04 Å². The van der Waals surface area contributed by atoms with Gasteiger partial charge in [-0.2, -0.15) is 0 Å². The number of benzene rings is 1. The third-order valence-corrected chi connectivity index (χ3v) is 3.43. The van der Waals surface area contributed by atoms with Crippen LogP contribution in [0.2, 0.25) is 0 Å². The van der Waals surface area contributed by atoms with Gasteiger partial charge in [-0.05, 0) is 23.5 Å². The van der Waals surface area contributed by atoms with Crippen molar-refractivity contribution < 1.29 is 9.59 Å². The first-order valence-corrected chi connectivity index (χ1v) is 7.46. The molecule has 1 aromatic rings. The van der Waals surface area contributed by atoms with E-state index in [1.54, 1.807) is 21.0 Å². The minimum absolute atomic E-state index is 0.116. The predicted octanol–water partition coefficient (Wildman–Crippen LogP) is 2.26. The lowest BCUT2D eigenvalue weighted by Gasteiger charge is -2.20. The molecule has 122 valence electrons. The van der Waals surface area contributed by atoms with Gasteiger partial charge in [-0.1, -0.05) is 45.0 Å². The van der Waals surface area contributed by atoms with Crippen molar-refractivity contribution in [3.8, 4) is 0 Å². The molecule has 0 aliphatic rings. The quantitative estimate of drug-likeness (QED) is 0.896. The zero-order valence-electron chi connectivity index (χ0n) is 14.4. The Morgan fingerprint density at radius 2 is 1.68 bits per heavy atom. The lowest BCUT2D eigenvalue weighted by Crippen LogP contribution is -2.47. The number of carbonyl (C=O) groups excluding carboxylic acids is 2. The first-order valence-electron chi connectivity index (χ1n) is 7.46. The topological polar surface area (TPSA) is 61.4 Å². The van der Waals surface area contributed by atoms with E-state index in [-0.39, 0.29) is 17.4 Å². The highest BCUT2D eigenvalue weighted by atomic mass is 16.2. The van der Waals surface area contributed by atoms with Crippen LogP contribution in [0.15, 0.2) is 24.3 Å². The molecule has 0 heterocycles. The minimum atomic E-state index is -0.543. The Morgan fingerprint density at radius 3 is 2.14 bits per heavy atom. The standard InChI is InChI=1S/C17H27N3O2/c1-12(15(21)20(5)6)19-16(22)18-11-13-7-9-14(10-8-13)17(2,3)4/h7-10,12H,11H2,1-6H3,(H2,18,19,22)/t12-/m0/s1. The highest BCUT2D eigenvalue weighted by Gasteiger charge is 2.17. The molecule has 0 aliphatic heterocycles. The molecule has 0 spiro atoms. The Bertz CT molecular complexity index is 516. The molecule has 0 radical (unpaired) electrons. The average molecular weight is 305 g/mol. The van der Waals surface area contributed by atoms with Crippen LogP contribution in [0.5, 0.6) is 0 Å². The maximum atomic E-state index is 11.8. The summed E-state index contributed by atoms with van der Waals surface area (Å²) in [5.41, 5.74) is 2.39. The number of carbonyl (C=O) groups is 2. The second-order valence-corrected chi connectivity index (χ2v) is 6.73. The molecule has 1 aromatic carbocycles. The van der Waals surface area contributed by atoms with Crippen LogP contribution >= 0.6 is 0 Å². The Labute approximate surface area is 133 Å². The molecule has 0 aliphatic carbocycles. The number of amides is 3. The van der Waals surface area contributed by atoms with Crippen molar-refractivity contribution in [2.75, 3.05) is 14.1 Å². The molecular formula is C17H27N3O2. The third kappa shape index (κ3) is 5.39. The largest absolute Gasteiger partial charge is 0.347 e. The molecule has 0 unspecified atom stereocenters. The highest BCUT2D eigenvalue weighted by molar-refractivity contribution is 5.86.